The van der Waals surface area contributed by atoms with Gasteiger partial charge in [-0.15, -0.1) is 0 Å². The number of hydrogen-bond acceptors (Lipinski definition) is 3. The molecule has 28 heavy (non-hydrogen) atoms. The van der Waals surface area contributed by atoms with Gasteiger partial charge < -0.3 is 4.90 Å². The Morgan fingerprint density at radius 1 is 1.18 bits per heavy atom. The fraction of sp³-hybridized carbons (Fsp3) is 0.0952. The molecule has 2 heterocycles. The SMILES string of the molecule is C=C/C=C(/C=c1\c(=O)[nH][nH]c1=C1C(=O)c2ccccc2N(C)C1=O)C(\Cl)=C/C. The van der Waals surface area contributed by atoms with E-state index in [2.05, 4.69) is 16.8 Å². The molecule has 0 radical (unpaired) electrons. The van der Waals surface area contributed by atoms with E-state index in [1.807, 2.05) is 0 Å². The van der Waals surface area contributed by atoms with Crippen LogP contribution in [0.25, 0.3) is 11.6 Å². The van der Waals surface area contributed by atoms with E-state index in [0.717, 1.165) is 0 Å². The average Bonchev–Trinajstić information content (AvgIpc) is 3.05. The van der Waals surface area contributed by atoms with E-state index in [-0.39, 0.29) is 16.1 Å². The van der Waals surface area contributed by atoms with Gasteiger partial charge in [-0.25, -0.2) is 0 Å². The van der Waals surface area contributed by atoms with E-state index in [4.69, 9.17) is 11.6 Å². The third-order valence-electron chi connectivity index (χ3n) is 4.45. The van der Waals surface area contributed by atoms with Gasteiger partial charge in [0.05, 0.1) is 16.3 Å². The topological polar surface area (TPSA) is 86.0 Å². The van der Waals surface area contributed by atoms with E-state index in [0.29, 0.717) is 21.9 Å². The Bertz CT molecular complexity index is 1230. The zero-order valence-corrected chi connectivity index (χ0v) is 16.1. The Labute approximate surface area is 165 Å². The largest absolute Gasteiger partial charge is 0.310 e. The number of carbonyl (C=O) groups excluding carboxylic acids is 2. The summed E-state index contributed by atoms with van der Waals surface area (Å²) in [5, 5.41) is 5.78. The zero-order valence-electron chi connectivity index (χ0n) is 15.4. The molecule has 6 nitrogen and oxygen atoms in total. The number of Topliss-reactive ketones (excluding diaryl/α,β-unsaturated/α-hetero) is 1. The fourth-order valence-corrected chi connectivity index (χ4v) is 3.15. The molecule has 0 unspecified atom stereocenters. The van der Waals surface area contributed by atoms with E-state index in [1.165, 1.54) is 17.1 Å². The van der Waals surface area contributed by atoms with Crippen molar-refractivity contribution in [1.82, 2.24) is 10.2 Å². The second-order valence-corrected chi connectivity index (χ2v) is 6.50. The van der Waals surface area contributed by atoms with Gasteiger partial charge >= 0.3 is 0 Å². The first-order chi connectivity index (χ1) is 13.4. The number of anilines is 1. The molecule has 142 valence electrons. The Hall–Kier alpha value is -3.38. The minimum absolute atomic E-state index is 0.111. The van der Waals surface area contributed by atoms with Crippen molar-refractivity contribution < 1.29 is 9.59 Å². The van der Waals surface area contributed by atoms with Crippen molar-refractivity contribution in [3.05, 3.63) is 86.2 Å². The molecule has 1 amide bonds. The number of amides is 1. The number of H-pyrrole nitrogens is 2. The maximum Gasteiger partial charge on any atom is 0.271 e. The van der Waals surface area contributed by atoms with Crippen LogP contribution in [0.4, 0.5) is 5.69 Å². The second-order valence-electron chi connectivity index (χ2n) is 6.09. The first kappa shape index (κ1) is 19.4. The van der Waals surface area contributed by atoms with Gasteiger partial charge in [0.15, 0.2) is 0 Å². The molecule has 0 saturated carbocycles. The van der Waals surface area contributed by atoms with Gasteiger partial charge in [-0.2, -0.15) is 0 Å². The Morgan fingerprint density at radius 3 is 2.57 bits per heavy atom. The number of ketones is 1. The molecule has 1 aromatic heterocycles. The molecule has 3 rings (SSSR count). The third kappa shape index (κ3) is 3.18. The van der Waals surface area contributed by atoms with Crippen LogP contribution in [-0.2, 0) is 4.79 Å². The van der Waals surface area contributed by atoms with E-state index in [1.54, 1.807) is 50.4 Å². The minimum atomic E-state index is -0.500. The number of rotatable bonds is 3. The van der Waals surface area contributed by atoms with E-state index in [9.17, 15) is 14.4 Å². The monoisotopic (exact) mass is 395 g/mol. The predicted octanol–water partition coefficient (Wildman–Crippen LogP) is 1.75. The van der Waals surface area contributed by atoms with Crippen LogP contribution in [0.5, 0.6) is 0 Å². The van der Waals surface area contributed by atoms with Crippen molar-refractivity contribution in [3.63, 3.8) is 0 Å². The summed E-state index contributed by atoms with van der Waals surface area (Å²) in [5.74, 6) is -0.949. The lowest BCUT2D eigenvalue weighted by atomic mass is 9.95. The predicted molar refractivity (Wildman–Crippen MR) is 111 cm³/mol. The molecule has 7 heteroatoms. The van der Waals surface area contributed by atoms with Gasteiger partial charge in [-0.3, -0.25) is 24.6 Å². The number of fused-ring (bicyclic) bond motifs is 1. The highest BCUT2D eigenvalue weighted by atomic mass is 35.5. The quantitative estimate of drug-likeness (QED) is 0.776. The molecule has 0 aliphatic carbocycles. The molecular formula is C21H18ClN3O3. The highest BCUT2D eigenvalue weighted by molar-refractivity contribution is 6.51. The second kappa shape index (κ2) is 7.70. The summed E-state index contributed by atoms with van der Waals surface area (Å²) in [6.45, 7) is 5.40. The molecule has 0 spiro atoms. The van der Waals surface area contributed by atoms with Crippen LogP contribution in [0, 0.1) is 0 Å². The van der Waals surface area contributed by atoms with E-state index >= 15 is 0 Å². The normalized spacial score (nSPS) is 17.8. The van der Waals surface area contributed by atoms with Crippen LogP contribution >= 0.6 is 11.6 Å². The number of para-hydroxylation sites is 1. The van der Waals surface area contributed by atoms with Crippen molar-refractivity contribution in [1.29, 1.82) is 0 Å². The molecule has 0 saturated heterocycles. The van der Waals surface area contributed by atoms with E-state index < -0.39 is 17.2 Å². The van der Waals surface area contributed by atoms with Gasteiger partial charge in [0.25, 0.3) is 11.5 Å². The van der Waals surface area contributed by atoms with Crippen molar-refractivity contribution in [2.24, 2.45) is 0 Å². The number of nitrogens with zero attached hydrogens (tertiary/aromatic N) is 1. The molecule has 0 atom stereocenters. The zero-order chi connectivity index (χ0) is 20.4. The van der Waals surface area contributed by atoms with Crippen molar-refractivity contribution in [2.75, 3.05) is 11.9 Å². The molecule has 0 fully saturated rings. The summed E-state index contributed by atoms with van der Waals surface area (Å²) in [5.41, 5.74) is 0.853. The Kier molecular flexibility index (Phi) is 5.33. The number of carbonyl (C=O) groups is 2. The summed E-state index contributed by atoms with van der Waals surface area (Å²) in [4.78, 5) is 39.7. The maximum absolute atomic E-state index is 13.0. The smallest absolute Gasteiger partial charge is 0.271 e. The number of hydrogen-bond donors (Lipinski definition) is 2. The van der Waals surface area contributed by atoms with Gasteiger partial charge in [0.1, 0.15) is 5.57 Å². The number of aromatic nitrogens is 2. The lowest BCUT2D eigenvalue weighted by molar-refractivity contribution is -0.113. The molecule has 1 aliphatic heterocycles. The average molecular weight is 396 g/mol. The van der Waals surface area contributed by atoms with Crippen LogP contribution in [0.2, 0.25) is 0 Å². The number of allylic oxidation sites excluding steroid dienone is 5. The number of benzene rings is 1. The van der Waals surface area contributed by atoms with Crippen LogP contribution in [0.3, 0.4) is 0 Å². The summed E-state index contributed by atoms with van der Waals surface area (Å²) < 4.78 is 0. The Morgan fingerprint density at radius 2 is 1.89 bits per heavy atom. The molecule has 2 aromatic rings. The third-order valence-corrected chi connectivity index (χ3v) is 4.88. The molecule has 0 bridgehead atoms. The molecule has 1 aliphatic rings. The highest BCUT2D eigenvalue weighted by Crippen LogP contribution is 2.28. The number of nitrogens with one attached hydrogen (secondary N) is 2. The van der Waals surface area contributed by atoms with Crippen LogP contribution < -0.4 is 21.0 Å². The highest BCUT2D eigenvalue weighted by Gasteiger charge is 2.33. The fourth-order valence-electron chi connectivity index (χ4n) is 3.04. The van der Waals surface area contributed by atoms with Crippen LogP contribution in [0.15, 0.2) is 64.5 Å². The van der Waals surface area contributed by atoms with Gasteiger partial charge in [-0.1, -0.05) is 48.5 Å². The standard InChI is InChI=1S/C21H18ClN3O3/c1-4-8-12(15(22)5-2)11-14-18(23-24-20(14)27)17-19(26)13-9-6-7-10-16(13)25(3)21(17)28/h4-11,23H,1H2,2-3H3,(H,24,27)/b12-8-,14-11-,15-5+,18-17?. The first-order valence-corrected chi connectivity index (χ1v) is 8.87. The minimum Gasteiger partial charge on any atom is -0.310 e. The first-order valence-electron chi connectivity index (χ1n) is 8.50. The van der Waals surface area contributed by atoms with Crippen molar-refractivity contribution >= 4 is 40.6 Å². The molecular weight excluding hydrogens is 378 g/mol. The lowest BCUT2D eigenvalue weighted by Gasteiger charge is -2.25. The number of aromatic amines is 2. The molecule has 2 N–H and O–H groups in total. The van der Waals surface area contributed by atoms with Crippen molar-refractivity contribution in [2.45, 2.75) is 6.92 Å². The maximum atomic E-state index is 13.0. The van der Waals surface area contributed by atoms with Crippen LogP contribution in [-0.4, -0.2) is 28.9 Å². The Balaban J connectivity index is 2.39. The summed E-state index contributed by atoms with van der Waals surface area (Å²) in [6, 6.07) is 6.82. The van der Waals surface area contributed by atoms with Crippen molar-refractivity contribution in [3.8, 4) is 0 Å². The van der Waals surface area contributed by atoms with Gasteiger partial charge in [-0.05, 0) is 30.7 Å². The summed E-state index contributed by atoms with van der Waals surface area (Å²) in [6.07, 6.45) is 6.35. The van der Waals surface area contributed by atoms with Gasteiger partial charge in [0.2, 0.25) is 5.78 Å². The lowest BCUT2D eigenvalue weighted by Crippen LogP contribution is -2.44. The summed E-state index contributed by atoms with van der Waals surface area (Å²) in [7, 11) is 1.58. The molecule has 1 aromatic carbocycles. The summed E-state index contributed by atoms with van der Waals surface area (Å²) >= 11 is 6.21. The van der Waals surface area contributed by atoms with Crippen LogP contribution in [0.1, 0.15) is 17.3 Å². The number of halogens is 1. The van der Waals surface area contributed by atoms with Gasteiger partial charge in [0, 0.05) is 17.6 Å².